The van der Waals surface area contributed by atoms with Gasteiger partial charge in [0.2, 0.25) is 17.7 Å². The van der Waals surface area contributed by atoms with E-state index in [1.807, 2.05) is 0 Å². The smallest absolute Gasteiger partial charge is 0.326 e. The summed E-state index contributed by atoms with van der Waals surface area (Å²) < 4.78 is 0. The second-order valence-electron chi connectivity index (χ2n) is 8.57. The third-order valence-electron chi connectivity index (χ3n) is 4.92. The molecule has 10 N–H and O–H groups in total. The molecule has 0 heterocycles. The molecule has 0 unspecified atom stereocenters. The Morgan fingerprint density at radius 1 is 0.743 bits per heavy atom. The molecule has 0 saturated heterocycles. The maximum absolute atomic E-state index is 12.9. The van der Waals surface area contributed by atoms with Gasteiger partial charge in [-0.3, -0.25) is 24.0 Å². The predicted molar refractivity (Wildman–Crippen MR) is 123 cm³/mol. The number of carboxylic acids is 3. The van der Waals surface area contributed by atoms with Crippen LogP contribution in [0.25, 0.3) is 0 Å². The van der Waals surface area contributed by atoms with Gasteiger partial charge in [0.05, 0.1) is 12.5 Å². The third-order valence-corrected chi connectivity index (χ3v) is 4.92. The summed E-state index contributed by atoms with van der Waals surface area (Å²) in [4.78, 5) is 71.2. The summed E-state index contributed by atoms with van der Waals surface area (Å²) in [6.07, 6.45) is -0.0204. The summed E-state index contributed by atoms with van der Waals surface area (Å²) in [5.41, 5.74) is 11.2. The van der Waals surface area contributed by atoms with E-state index >= 15 is 0 Å². The number of nitrogens with one attached hydrogen (secondary N) is 3. The molecule has 0 aliphatic carbocycles. The molecule has 0 bridgehead atoms. The van der Waals surface area contributed by atoms with Gasteiger partial charge in [-0.15, -0.1) is 0 Å². The van der Waals surface area contributed by atoms with Gasteiger partial charge in [-0.05, 0) is 38.1 Å². The van der Waals surface area contributed by atoms with Crippen LogP contribution in [0.2, 0.25) is 0 Å². The molecule has 0 aromatic heterocycles. The molecule has 0 spiro atoms. The summed E-state index contributed by atoms with van der Waals surface area (Å²) >= 11 is 0. The minimum absolute atomic E-state index is 0.0647. The van der Waals surface area contributed by atoms with Crippen LogP contribution in [0.4, 0.5) is 0 Å². The van der Waals surface area contributed by atoms with Crippen LogP contribution in [0.5, 0.6) is 0 Å². The largest absolute Gasteiger partial charge is 0.481 e. The van der Waals surface area contributed by atoms with Crippen LogP contribution in [0.1, 0.15) is 58.8 Å². The molecule has 0 rings (SSSR count). The average Bonchev–Trinajstić information content (AvgIpc) is 2.74. The topological polar surface area (TPSA) is 251 Å². The standard InChI is InChI=1S/C21H37N5O9/c1-11(2)9-14(20(33)26-15(21(34)35)10-17(29)30)25-19(32)13(6-7-16(27)28)24-18(31)12(23)5-3-4-8-22/h11-15H,3-10,22-23H2,1-2H3,(H,24,31)(H,25,32)(H,26,33)(H,27,28)(H,29,30)(H,34,35)/t12-,13+,14+,15+/m1/s1. The molecule has 14 nitrogen and oxygen atoms in total. The Morgan fingerprint density at radius 2 is 1.29 bits per heavy atom. The van der Waals surface area contributed by atoms with Crippen molar-refractivity contribution < 1.29 is 44.1 Å². The molecule has 200 valence electrons. The fourth-order valence-electron chi connectivity index (χ4n) is 3.08. The van der Waals surface area contributed by atoms with Gasteiger partial charge in [0, 0.05) is 6.42 Å². The number of carboxylic acid groups (broad SMARTS) is 3. The highest BCUT2D eigenvalue weighted by atomic mass is 16.4. The number of amides is 3. The zero-order valence-corrected chi connectivity index (χ0v) is 20.0. The normalized spacial score (nSPS) is 14.3. The van der Waals surface area contributed by atoms with E-state index in [2.05, 4.69) is 16.0 Å². The van der Waals surface area contributed by atoms with Crippen LogP contribution in [0.3, 0.4) is 0 Å². The molecule has 14 heteroatoms. The number of unbranched alkanes of at least 4 members (excludes halogenated alkanes) is 1. The number of carbonyl (C=O) groups excluding carboxylic acids is 3. The number of carbonyl (C=O) groups is 6. The van der Waals surface area contributed by atoms with E-state index < -0.39 is 72.6 Å². The first-order chi connectivity index (χ1) is 16.3. The zero-order chi connectivity index (χ0) is 27.1. The van der Waals surface area contributed by atoms with Crippen LogP contribution in [0, 0.1) is 5.92 Å². The highest BCUT2D eigenvalue weighted by Crippen LogP contribution is 2.09. The summed E-state index contributed by atoms with van der Waals surface area (Å²) in [7, 11) is 0. The second-order valence-corrected chi connectivity index (χ2v) is 8.57. The molecule has 4 atom stereocenters. The van der Waals surface area contributed by atoms with E-state index in [1.165, 1.54) is 0 Å². The van der Waals surface area contributed by atoms with E-state index in [1.54, 1.807) is 13.8 Å². The van der Waals surface area contributed by atoms with Crippen molar-refractivity contribution in [3.05, 3.63) is 0 Å². The van der Waals surface area contributed by atoms with Crippen LogP contribution in [-0.2, 0) is 28.8 Å². The first-order valence-electron chi connectivity index (χ1n) is 11.3. The van der Waals surface area contributed by atoms with Crippen molar-refractivity contribution in [2.45, 2.75) is 83.0 Å². The summed E-state index contributed by atoms with van der Waals surface area (Å²) in [6, 6.07) is -5.26. The molecular weight excluding hydrogens is 466 g/mol. The molecule has 0 aromatic rings. The first-order valence-corrected chi connectivity index (χ1v) is 11.3. The Morgan fingerprint density at radius 3 is 1.77 bits per heavy atom. The molecule has 35 heavy (non-hydrogen) atoms. The number of rotatable bonds is 18. The molecule has 0 aliphatic heterocycles. The lowest BCUT2D eigenvalue weighted by atomic mass is 10.0. The van der Waals surface area contributed by atoms with Gasteiger partial charge in [0.15, 0.2) is 0 Å². The maximum atomic E-state index is 12.9. The Kier molecular flexibility index (Phi) is 14.9. The van der Waals surface area contributed by atoms with Crippen molar-refractivity contribution in [3.63, 3.8) is 0 Å². The fourth-order valence-corrected chi connectivity index (χ4v) is 3.08. The van der Waals surface area contributed by atoms with Crippen molar-refractivity contribution >= 4 is 35.6 Å². The van der Waals surface area contributed by atoms with Gasteiger partial charge in [-0.2, -0.15) is 0 Å². The number of hydrogen-bond acceptors (Lipinski definition) is 8. The van der Waals surface area contributed by atoms with Gasteiger partial charge in [0.25, 0.3) is 0 Å². The molecule has 0 radical (unpaired) electrons. The first kappa shape index (κ1) is 31.7. The van der Waals surface area contributed by atoms with Crippen molar-refractivity contribution in [1.29, 1.82) is 0 Å². The zero-order valence-electron chi connectivity index (χ0n) is 20.0. The van der Waals surface area contributed by atoms with Gasteiger partial charge in [0.1, 0.15) is 18.1 Å². The average molecular weight is 504 g/mol. The third kappa shape index (κ3) is 13.9. The van der Waals surface area contributed by atoms with Gasteiger partial charge < -0.3 is 42.7 Å². The van der Waals surface area contributed by atoms with E-state index in [0.717, 1.165) is 0 Å². The Labute approximate surface area is 203 Å². The van der Waals surface area contributed by atoms with E-state index in [4.69, 9.17) is 26.8 Å². The van der Waals surface area contributed by atoms with Crippen LogP contribution in [0.15, 0.2) is 0 Å². The molecule has 3 amide bonds. The summed E-state index contributed by atoms with van der Waals surface area (Å²) in [5.74, 6) is -6.82. The van der Waals surface area contributed by atoms with E-state index in [9.17, 15) is 28.8 Å². The Hall–Kier alpha value is -3.26. The fraction of sp³-hybridized carbons (Fsp3) is 0.714. The Bertz CT molecular complexity index is 759. The van der Waals surface area contributed by atoms with Gasteiger partial charge in [-0.25, -0.2) is 4.79 Å². The van der Waals surface area contributed by atoms with Crippen molar-refractivity contribution in [2.75, 3.05) is 6.54 Å². The Balaban J connectivity index is 5.52. The molecule has 0 saturated carbocycles. The molecule has 0 aliphatic rings. The molecule has 0 fully saturated rings. The number of hydrogen-bond donors (Lipinski definition) is 8. The minimum Gasteiger partial charge on any atom is -0.481 e. The van der Waals surface area contributed by atoms with Crippen LogP contribution in [-0.4, -0.2) is 81.7 Å². The lowest BCUT2D eigenvalue weighted by molar-refractivity contribution is -0.147. The lowest BCUT2D eigenvalue weighted by Crippen LogP contribution is -2.57. The number of aliphatic carboxylic acids is 3. The van der Waals surface area contributed by atoms with E-state index in [0.29, 0.717) is 25.8 Å². The SMILES string of the molecule is CC(C)C[C@H](NC(=O)[C@H](CCC(=O)O)NC(=O)[C@H](N)CCCCN)C(=O)N[C@@H](CC(=O)O)C(=O)O. The lowest BCUT2D eigenvalue weighted by Gasteiger charge is -2.25. The summed E-state index contributed by atoms with van der Waals surface area (Å²) in [5, 5.41) is 33.9. The van der Waals surface area contributed by atoms with Crippen molar-refractivity contribution in [2.24, 2.45) is 17.4 Å². The summed E-state index contributed by atoms with van der Waals surface area (Å²) in [6.45, 7) is 3.90. The predicted octanol–water partition coefficient (Wildman–Crippen LogP) is -1.63. The quantitative estimate of drug-likeness (QED) is 0.0985. The maximum Gasteiger partial charge on any atom is 0.326 e. The van der Waals surface area contributed by atoms with Crippen molar-refractivity contribution in [3.8, 4) is 0 Å². The van der Waals surface area contributed by atoms with Crippen molar-refractivity contribution in [1.82, 2.24) is 16.0 Å². The van der Waals surface area contributed by atoms with Crippen LogP contribution < -0.4 is 27.4 Å². The number of nitrogens with two attached hydrogens (primary N) is 2. The highest BCUT2D eigenvalue weighted by Gasteiger charge is 2.31. The monoisotopic (exact) mass is 503 g/mol. The molecular formula is C21H37N5O9. The van der Waals surface area contributed by atoms with E-state index in [-0.39, 0.29) is 18.8 Å². The minimum atomic E-state index is -1.72. The van der Waals surface area contributed by atoms with Gasteiger partial charge in [-0.1, -0.05) is 20.3 Å². The van der Waals surface area contributed by atoms with Gasteiger partial charge >= 0.3 is 17.9 Å². The molecule has 0 aromatic carbocycles. The highest BCUT2D eigenvalue weighted by molar-refractivity contribution is 5.94. The van der Waals surface area contributed by atoms with Crippen LogP contribution >= 0.6 is 0 Å². The second kappa shape index (κ2) is 16.4.